The van der Waals surface area contributed by atoms with E-state index in [1.54, 1.807) is 0 Å². The molecule has 1 aliphatic heterocycles. The van der Waals surface area contributed by atoms with E-state index < -0.39 is 0 Å². The van der Waals surface area contributed by atoms with E-state index in [4.69, 9.17) is 0 Å². The Morgan fingerprint density at radius 3 is 3.17 bits per heavy atom. The summed E-state index contributed by atoms with van der Waals surface area (Å²) in [5.41, 5.74) is 2.23. The second-order valence-electron chi connectivity index (χ2n) is 4.36. The van der Waals surface area contributed by atoms with Gasteiger partial charge in [-0.25, -0.2) is 4.98 Å². The number of nitrogens with zero attached hydrogens (tertiary/aromatic N) is 3. The van der Waals surface area contributed by atoms with E-state index in [-0.39, 0.29) is 0 Å². The Morgan fingerprint density at radius 2 is 2.28 bits per heavy atom. The average Bonchev–Trinajstić information content (AvgIpc) is 2.84. The van der Waals surface area contributed by atoms with E-state index >= 15 is 0 Å². The molecule has 0 spiro atoms. The van der Waals surface area contributed by atoms with Gasteiger partial charge in [0.2, 0.25) is 0 Å². The Bertz CT molecular complexity index is 557. The SMILES string of the molecule is c1ccc2c(c1)ncn2CCNC1=NCCCN1. The topological polar surface area (TPSA) is 54.2 Å². The molecule has 0 saturated carbocycles. The first-order valence-electron chi connectivity index (χ1n) is 6.35. The van der Waals surface area contributed by atoms with Crippen molar-refractivity contribution in [3.05, 3.63) is 30.6 Å². The Kier molecular flexibility index (Phi) is 3.12. The first-order valence-corrected chi connectivity index (χ1v) is 6.35. The van der Waals surface area contributed by atoms with Crippen LogP contribution in [0.25, 0.3) is 11.0 Å². The quantitative estimate of drug-likeness (QED) is 0.844. The molecule has 18 heavy (non-hydrogen) atoms. The second-order valence-corrected chi connectivity index (χ2v) is 4.36. The molecule has 5 nitrogen and oxygen atoms in total. The highest BCUT2D eigenvalue weighted by Gasteiger charge is 2.04. The van der Waals surface area contributed by atoms with Gasteiger partial charge >= 0.3 is 0 Å². The van der Waals surface area contributed by atoms with Gasteiger partial charge in [0.1, 0.15) is 0 Å². The molecule has 1 aromatic carbocycles. The molecule has 0 fully saturated rings. The maximum atomic E-state index is 4.38. The molecule has 0 bridgehead atoms. The molecule has 1 aromatic heterocycles. The zero-order chi connectivity index (χ0) is 12.2. The number of benzene rings is 1. The highest BCUT2D eigenvalue weighted by atomic mass is 15.2. The summed E-state index contributed by atoms with van der Waals surface area (Å²) in [6.07, 6.45) is 3.01. The Morgan fingerprint density at radius 1 is 1.33 bits per heavy atom. The van der Waals surface area contributed by atoms with Gasteiger partial charge in [0.25, 0.3) is 0 Å². The number of nitrogens with one attached hydrogen (secondary N) is 2. The first kappa shape index (κ1) is 11.1. The summed E-state index contributed by atoms with van der Waals surface area (Å²) >= 11 is 0. The number of fused-ring (bicyclic) bond motifs is 1. The van der Waals surface area contributed by atoms with Crippen LogP contribution in [-0.2, 0) is 6.54 Å². The summed E-state index contributed by atoms with van der Waals surface area (Å²) in [6, 6.07) is 8.18. The van der Waals surface area contributed by atoms with Crippen molar-refractivity contribution in [1.82, 2.24) is 20.2 Å². The summed E-state index contributed by atoms with van der Waals surface area (Å²) in [5, 5.41) is 6.57. The van der Waals surface area contributed by atoms with Crippen molar-refractivity contribution in [1.29, 1.82) is 0 Å². The summed E-state index contributed by atoms with van der Waals surface area (Å²) in [5.74, 6) is 0.922. The number of aromatic nitrogens is 2. The molecule has 0 unspecified atom stereocenters. The molecule has 3 rings (SSSR count). The lowest BCUT2D eigenvalue weighted by molar-refractivity contribution is 0.654. The van der Waals surface area contributed by atoms with E-state index in [1.807, 2.05) is 24.5 Å². The normalized spacial score (nSPS) is 15.2. The van der Waals surface area contributed by atoms with Gasteiger partial charge in [0.15, 0.2) is 5.96 Å². The summed E-state index contributed by atoms with van der Waals surface area (Å²) in [4.78, 5) is 8.75. The second kappa shape index (κ2) is 5.08. The number of para-hydroxylation sites is 2. The molecule has 0 saturated heterocycles. The van der Waals surface area contributed by atoms with Crippen molar-refractivity contribution in [3.8, 4) is 0 Å². The van der Waals surface area contributed by atoms with E-state index in [0.717, 1.165) is 44.1 Å². The standard InChI is InChI=1S/C13H17N5/c1-2-5-12-11(4-1)17-10-18(12)9-8-16-13-14-6-3-7-15-13/h1-2,4-5,10H,3,6-9H2,(H2,14,15,16). The minimum atomic E-state index is 0.853. The summed E-state index contributed by atoms with van der Waals surface area (Å²) in [7, 11) is 0. The first-order chi connectivity index (χ1) is 8.93. The van der Waals surface area contributed by atoms with Crippen LogP contribution in [0, 0.1) is 0 Å². The third kappa shape index (κ3) is 2.30. The predicted molar refractivity (Wildman–Crippen MR) is 72.7 cm³/mol. The fraction of sp³-hybridized carbons (Fsp3) is 0.385. The Hall–Kier alpha value is -2.04. The molecule has 2 aromatic rings. The molecule has 0 radical (unpaired) electrons. The maximum absolute atomic E-state index is 4.38. The van der Waals surface area contributed by atoms with Gasteiger partial charge in [-0.1, -0.05) is 12.1 Å². The van der Waals surface area contributed by atoms with Crippen molar-refractivity contribution >= 4 is 17.0 Å². The molecule has 1 aliphatic rings. The van der Waals surface area contributed by atoms with Gasteiger partial charge in [-0.05, 0) is 18.6 Å². The van der Waals surface area contributed by atoms with Crippen LogP contribution >= 0.6 is 0 Å². The van der Waals surface area contributed by atoms with Crippen molar-refractivity contribution in [2.24, 2.45) is 4.99 Å². The number of hydrogen-bond acceptors (Lipinski definition) is 4. The molecule has 0 aliphatic carbocycles. The molecule has 0 atom stereocenters. The van der Waals surface area contributed by atoms with Crippen LogP contribution in [0.5, 0.6) is 0 Å². The van der Waals surface area contributed by atoms with Crippen LogP contribution in [0.15, 0.2) is 35.6 Å². The molecule has 0 amide bonds. The van der Waals surface area contributed by atoms with Crippen molar-refractivity contribution in [3.63, 3.8) is 0 Å². The summed E-state index contributed by atoms with van der Waals surface area (Å²) < 4.78 is 2.16. The van der Waals surface area contributed by atoms with E-state index in [1.165, 1.54) is 5.52 Å². The van der Waals surface area contributed by atoms with Gasteiger partial charge < -0.3 is 15.2 Å². The molecule has 94 valence electrons. The fourth-order valence-electron chi connectivity index (χ4n) is 2.13. The van der Waals surface area contributed by atoms with Gasteiger partial charge in [-0.2, -0.15) is 0 Å². The van der Waals surface area contributed by atoms with Crippen molar-refractivity contribution in [2.75, 3.05) is 19.6 Å². The zero-order valence-electron chi connectivity index (χ0n) is 10.3. The lowest BCUT2D eigenvalue weighted by Gasteiger charge is -2.16. The Labute approximate surface area is 106 Å². The summed E-state index contributed by atoms with van der Waals surface area (Å²) in [6.45, 7) is 3.68. The lowest BCUT2D eigenvalue weighted by atomic mass is 10.3. The highest BCUT2D eigenvalue weighted by molar-refractivity contribution is 5.80. The smallest absolute Gasteiger partial charge is 0.191 e. The Balaban J connectivity index is 1.61. The average molecular weight is 243 g/mol. The van der Waals surface area contributed by atoms with E-state index in [9.17, 15) is 0 Å². The largest absolute Gasteiger partial charge is 0.356 e. The molecule has 2 N–H and O–H groups in total. The van der Waals surface area contributed by atoms with Crippen LogP contribution in [-0.4, -0.2) is 35.1 Å². The molecule has 5 heteroatoms. The van der Waals surface area contributed by atoms with Gasteiger partial charge in [-0.15, -0.1) is 0 Å². The number of hydrogen-bond donors (Lipinski definition) is 2. The number of imidazole rings is 1. The zero-order valence-corrected chi connectivity index (χ0v) is 10.3. The predicted octanol–water partition coefficient (Wildman–Crippen LogP) is 0.975. The van der Waals surface area contributed by atoms with Gasteiger partial charge in [0.05, 0.1) is 17.4 Å². The number of guanidine groups is 1. The number of rotatable bonds is 3. The fourth-order valence-corrected chi connectivity index (χ4v) is 2.13. The van der Waals surface area contributed by atoms with Gasteiger partial charge in [-0.3, -0.25) is 4.99 Å². The van der Waals surface area contributed by atoms with Crippen LogP contribution < -0.4 is 10.6 Å². The van der Waals surface area contributed by atoms with Crippen molar-refractivity contribution in [2.45, 2.75) is 13.0 Å². The minimum Gasteiger partial charge on any atom is -0.356 e. The number of aliphatic imine (C=N–C) groups is 1. The van der Waals surface area contributed by atoms with Crippen LogP contribution in [0.3, 0.4) is 0 Å². The van der Waals surface area contributed by atoms with Crippen molar-refractivity contribution < 1.29 is 0 Å². The van der Waals surface area contributed by atoms with Crippen LogP contribution in [0.2, 0.25) is 0 Å². The monoisotopic (exact) mass is 243 g/mol. The maximum Gasteiger partial charge on any atom is 0.191 e. The van der Waals surface area contributed by atoms with Crippen LogP contribution in [0.1, 0.15) is 6.42 Å². The van der Waals surface area contributed by atoms with Gasteiger partial charge in [0, 0.05) is 26.2 Å². The third-order valence-electron chi connectivity index (χ3n) is 3.07. The van der Waals surface area contributed by atoms with E-state index in [0.29, 0.717) is 0 Å². The highest BCUT2D eigenvalue weighted by Crippen LogP contribution is 2.10. The molecule has 2 heterocycles. The lowest BCUT2D eigenvalue weighted by Crippen LogP contribution is -2.41. The third-order valence-corrected chi connectivity index (χ3v) is 3.07. The van der Waals surface area contributed by atoms with E-state index in [2.05, 4.69) is 31.2 Å². The molecular formula is C13H17N5. The van der Waals surface area contributed by atoms with Crippen LogP contribution in [0.4, 0.5) is 0 Å². The minimum absolute atomic E-state index is 0.853. The molecular weight excluding hydrogens is 226 g/mol.